The average Bonchev–Trinajstić information content (AvgIpc) is 3.19. The molecule has 1 unspecified atom stereocenters. The highest BCUT2D eigenvalue weighted by Crippen LogP contribution is 2.46. The van der Waals surface area contributed by atoms with Crippen LogP contribution in [-0.4, -0.2) is 42.0 Å². The van der Waals surface area contributed by atoms with E-state index in [0.29, 0.717) is 17.7 Å². The van der Waals surface area contributed by atoms with Gasteiger partial charge in [-0.3, -0.25) is 4.79 Å². The summed E-state index contributed by atoms with van der Waals surface area (Å²) in [7, 11) is 0. The summed E-state index contributed by atoms with van der Waals surface area (Å²) in [6.07, 6.45) is 7.10. The predicted molar refractivity (Wildman–Crippen MR) is 112 cm³/mol. The molecule has 1 aromatic heterocycles. The number of aromatic nitrogens is 1. The lowest BCUT2D eigenvalue weighted by molar-refractivity contribution is -0.146. The number of hydrogen-bond donors (Lipinski definition) is 1. The van der Waals surface area contributed by atoms with Crippen LogP contribution in [0.15, 0.2) is 0 Å². The molecule has 0 spiro atoms. The van der Waals surface area contributed by atoms with Gasteiger partial charge in [-0.25, -0.2) is 4.98 Å². The molecular formula is C19H31Cl2N3OS. The number of carbonyl (C=O) groups is 1. The molecule has 3 fully saturated rings. The second-order valence-electron chi connectivity index (χ2n) is 8.01. The van der Waals surface area contributed by atoms with Crippen LogP contribution in [0.1, 0.15) is 60.0 Å². The van der Waals surface area contributed by atoms with E-state index in [4.69, 9.17) is 4.98 Å². The molecule has 4 nitrogen and oxygen atoms in total. The van der Waals surface area contributed by atoms with Gasteiger partial charge >= 0.3 is 0 Å². The van der Waals surface area contributed by atoms with E-state index in [9.17, 15) is 4.79 Å². The Morgan fingerprint density at radius 3 is 2.77 bits per heavy atom. The molecule has 0 bridgehead atoms. The highest BCUT2D eigenvalue weighted by atomic mass is 35.5. The molecule has 26 heavy (non-hydrogen) atoms. The molecular weight excluding hydrogens is 389 g/mol. The molecule has 1 aromatic rings. The van der Waals surface area contributed by atoms with Gasteiger partial charge in [0.05, 0.1) is 16.1 Å². The molecule has 1 N–H and O–H groups in total. The lowest BCUT2D eigenvalue weighted by Gasteiger charge is -2.43. The molecule has 2 aliphatic heterocycles. The molecule has 3 atom stereocenters. The first kappa shape index (κ1) is 21.9. The Kier molecular flexibility index (Phi) is 7.39. The largest absolute Gasteiger partial charge is 0.341 e. The van der Waals surface area contributed by atoms with Gasteiger partial charge in [0.25, 0.3) is 0 Å². The summed E-state index contributed by atoms with van der Waals surface area (Å²) in [5.41, 5.74) is 1.05. The summed E-state index contributed by atoms with van der Waals surface area (Å²) in [5, 5.41) is 4.76. The molecule has 1 aliphatic carbocycles. The van der Waals surface area contributed by atoms with Crippen LogP contribution >= 0.6 is 36.2 Å². The number of rotatable bonds is 2. The van der Waals surface area contributed by atoms with E-state index in [1.807, 2.05) is 11.3 Å². The third-order valence-corrected chi connectivity index (χ3v) is 7.80. The van der Waals surface area contributed by atoms with Crippen molar-refractivity contribution in [2.75, 3.05) is 26.2 Å². The van der Waals surface area contributed by atoms with Crippen LogP contribution in [0.25, 0.3) is 0 Å². The Bertz CT molecular complexity index is 619. The SMILES string of the molecule is Cc1nc(C2CCCN(C(=O)[C@@]34CCCC[C@H]3CNC4)C2)sc1C.Cl.Cl. The Labute approximate surface area is 173 Å². The van der Waals surface area contributed by atoms with Gasteiger partial charge in [0.2, 0.25) is 5.91 Å². The van der Waals surface area contributed by atoms with Crippen LogP contribution in [0, 0.1) is 25.2 Å². The van der Waals surface area contributed by atoms with Gasteiger partial charge in [-0.05, 0) is 52.0 Å². The Morgan fingerprint density at radius 1 is 1.23 bits per heavy atom. The lowest BCUT2D eigenvalue weighted by Crippen LogP contribution is -2.52. The summed E-state index contributed by atoms with van der Waals surface area (Å²) in [5.74, 6) is 1.43. The first-order valence-corrected chi connectivity index (χ1v) is 10.4. The number of amides is 1. The molecule has 0 aromatic carbocycles. The van der Waals surface area contributed by atoms with Crippen LogP contribution in [0.3, 0.4) is 0 Å². The van der Waals surface area contributed by atoms with Crippen LogP contribution in [0.2, 0.25) is 0 Å². The molecule has 1 saturated carbocycles. The third-order valence-electron chi connectivity index (χ3n) is 6.57. The molecule has 3 heterocycles. The van der Waals surface area contributed by atoms with E-state index in [1.165, 1.54) is 35.6 Å². The summed E-state index contributed by atoms with van der Waals surface area (Å²) < 4.78 is 0. The number of piperidine rings is 1. The van der Waals surface area contributed by atoms with Gasteiger partial charge in [0.15, 0.2) is 0 Å². The van der Waals surface area contributed by atoms with E-state index >= 15 is 0 Å². The summed E-state index contributed by atoms with van der Waals surface area (Å²) in [4.78, 5) is 21.8. The van der Waals surface area contributed by atoms with Crippen LogP contribution in [-0.2, 0) is 4.79 Å². The molecule has 1 amide bonds. The fraction of sp³-hybridized carbons (Fsp3) is 0.789. The first-order valence-electron chi connectivity index (χ1n) is 9.54. The number of halogens is 2. The second-order valence-corrected chi connectivity index (χ2v) is 9.25. The summed E-state index contributed by atoms with van der Waals surface area (Å²) in [6.45, 7) is 7.99. The molecule has 0 radical (unpaired) electrons. The average molecular weight is 420 g/mol. The van der Waals surface area contributed by atoms with E-state index in [2.05, 4.69) is 24.1 Å². The standard InChI is InChI=1S/C19H29N3OS.2ClH/c1-13-14(2)24-17(21-13)15-6-5-9-22(11-15)18(23)19-8-4-3-7-16(19)10-20-12-19;;/h15-16,20H,3-12H2,1-2H3;2*1H/t15?,16-,19+;;/m0../s1. The van der Waals surface area contributed by atoms with Crippen LogP contribution < -0.4 is 5.32 Å². The second kappa shape index (κ2) is 8.76. The Balaban J connectivity index is 0.00000121. The Morgan fingerprint density at radius 2 is 2.04 bits per heavy atom. The minimum atomic E-state index is -0.102. The number of carbonyl (C=O) groups excluding carboxylic acids is 1. The zero-order valence-corrected chi connectivity index (χ0v) is 18.2. The maximum Gasteiger partial charge on any atom is 0.230 e. The van der Waals surface area contributed by atoms with E-state index < -0.39 is 0 Å². The van der Waals surface area contributed by atoms with Crippen molar-refractivity contribution in [2.24, 2.45) is 11.3 Å². The van der Waals surface area contributed by atoms with Crippen molar-refractivity contribution in [2.45, 2.75) is 58.3 Å². The first-order chi connectivity index (χ1) is 11.6. The minimum Gasteiger partial charge on any atom is -0.341 e. The van der Waals surface area contributed by atoms with Crippen LogP contribution in [0.5, 0.6) is 0 Å². The molecule has 4 rings (SSSR count). The van der Waals surface area contributed by atoms with Gasteiger partial charge in [-0.2, -0.15) is 0 Å². The molecule has 2 saturated heterocycles. The van der Waals surface area contributed by atoms with Gasteiger partial charge in [-0.1, -0.05) is 12.8 Å². The van der Waals surface area contributed by atoms with Crippen molar-refractivity contribution in [3.63, 3.8) is 0 Å². The molecule has 3 aliphatic rings. The quantitative estimate of drug-likeness (QED) is 0.784. The van der Waals surface area contributed by atoms with E-state index in [-0.39, 0.29) is 30.2 Å². The van der Waals surface area contributed by atoms with Gasteiger partial charge in [0, 0.05) is 30.4 Å². The van der Waals surface area contributed by atoms with E-state index in [1.54, 1.807) is 0 Å². The molecule has 148 valence electrons. The van der Waals surface area contributed by atoms with Crippen molar-refractivity contribution in [3.05, 3.63) is 15.6 Å². The Hall–Kier alpha value is -0.360. The number of hydrogen-bond acceptors (Lipinski definition) is 4. The maximum atomic E-state index is 13.5. The fourth-order valence-electron chi connectivity index (χ4n) is 5.02. The fourth-order valence-corrected chi connectivity index (χ4v) is 6.07. The van der Waals surface area contributed by atoms with Crippen molar-refractivity contribution < 1.29 is 4.79 Å². The minimum absolute atomic E-state index is 0. The van der Waals surface area contributed by atoms with Crippen molar-refractivity contribution >= 4 is 42.1 Å². The van der Waals surface area contributed by atoms with Crippen LogP contribution in [0.4, 0.5) is 0 Å². The monoisotopic (exact) mass is 419 g/mol. The highest BCUT2D eigenvalue weighted by Gasteiger charge is 2.51. The van der Waals surface area contributed by atoms with E-state index in [0.717, 1.165) is 44.7 Å². The lowest BCUT2D eigenvalue weighted by atomic mass is 9.67. The topological polar surface area (TPSA) is 45.2 Å². The normalized spacial score (nSPS) is 30.9. The third kappa shape index (κ3) is 3.78. The van der Waals surface area contributed by atoms with Crippen molar-refractivity contribution in [1.82, 2.24) is 15.2 Å². The number of nitrogens with zero attached hydrogens (tertiary/aromatic N) is 2. The number of fused-ring (bicyclic) bond motifs is 1. The van der Waals surface area contributed by atoms with Gasteiger partial charge < -0.3 is 10.2 Å². The number of aryl methyl sites for hydroxylation is 2. The van der Waals surface area contributed by atoms with Crippen molar-refractivity contribution in [3.8, 4) is 0 Å². The molecule has 7 heteroatoms. The zero-order valence-electron chi connectivity index (χ0n) is 15.8. The number of likely N-dealkylation sites (tertiary alicyclic amines) is 1. The van der Waals surface area contributed by atoms with Crippen molar-refractivity contribution in [1.29, 1.82) is 0 Å². The summed E-state index contributed by atoms with van der Waals surface area (Å²) >= 11 is 1.83. The highest BCUT2D eigenvalue weighted by molar-refractivity contribution is 7.11. The zero-order chi connectivity index (χ0) is 16.7. The van der Waals surface area contributed by atoms with Gasteiger partial charge in [-0.15, -0.1) is 36.2 Å². The predicted octanol–water partition coefficient (Wildman–Crippen LogP) is 4.09. The number of nitrogens with one attached hydrogen (secondary N) is 1. The maximum absolute atomic E-state index is 13.5. The number of thiazole rings is 1. The smallest absolute Gasteiger partial charge is 0.230 e. The summed E-state index contributed by atoms with van der Waals surface area (Å²) in [6, 6.07) is 0. The van der Waals surface area contributed by atoms with Gasteiger partial charge in [0.1, 0.15) is 0 Å².